The van der Waals surface area contributed by atoms with Gasteiger partial charge in [-0.3, -0.25) is 4.79 Å². The van der Waals surface area contributed by atoms with Crippen molar-refractivity contribution in [3.05, 3.63) is 58.4 Å². The van der Waals surface area contributed by atoms with E-state index in [2.05, 4.69) is 25.1 Å². The number of aryl methyl sites for hydroxylation is 1. The summed E-state index contributed by atoms with van der Waals surface area (Å²) in [6.07, 6.45) is 6.72. The molecule has 0 bridgehead atoms. The van der Waals surface area contributed by atoms with Gasteiger partial charge in [0.05, 0.1) is 27.7 Å². The smallest absolute Gasteiger partial charge is 0.341 e. The lowest BCUT2D eigenvalue weighted by molar-refractivity contribution is 0.0695. The predicted octanol–water partition coefficient (Wildman–Crippen LogP) is 4.04. The molecule has 5 heterocycles. The van der Waals surface area contributed by atoms with Gasteiger partial charge in [0, 0.05) is 68.3 Å². The number of pyridine rings is 3. The Kier molecular flexibility index (Phi) is 6.18. The van der Waals surface area contributed by atoms with Crippen LogP contribution in [0.25, 0.3) is 44.1 Å². The molecule has 0 aliphatic carbocycles. The molecular formula is C29H30FN7O3. The third-order valence-corrected chi connectivity index (χ3v) is 7.73. The van der Waals surface area contributed by atoms with E-state index in [1.807, 2.05) is 14.1 Å². The monoisotopic (exact) mass is 543 g/mol. The number of rotatable bonds is 6. The largest absolute Gasteiger partial charge is 0.477 e. The fourth-order valence-corrected chi connectivity index (χ4v) is 6.02. The highest BCUT2D eigenvalue weighted by Crippen LogP contribution is 2.44. The summed E-state index contributed by atoms with van der Waals surface area (Å²) in [5.41, 5.74) is 3.75. The highest BCUT2D eigenvalue weighted by atomic mass is 19.1. The molecule has 11 heteroatoms. The lowest BCUT2D eigenvalue weighted by Gasteiger charge is -2.31. The molecule has 1 fully saturated rings. The van der Waals surface area contributed by atoms with Crippen LogP contribution in [-0.4, -0.2) is 75.8 Å². The molecule has 0 spiro atoms. The van der Waals surface area contributed by atoms with E-state index in [0.717, 1.165) is 48.1 Å². The van der Waals surface area contributed by atoms with Crippen LogP contribution in [0.4, 0.5) is 15.8 Å². The van der Waals surface area contributed by atoms with Gasteiger partial charge in [0.2, 0.25) is 5.43 Å². The van der Waals surface area contributed by atoms with Gasteiger partial charge >= 0.3 is 5.97 Å². The Morgan fingerprint density at radius 3 is 2.75 bits per heavy atom. The zero-order chi connectivity index (χ0) is 28.3. The van der Waals surface area contributed by atoms with Crippen molar-refractivity contribution in [3.63, 3.8) is 0 Å². The Morgan fingerprint density at radius 2 is 2.02 bits per heavy atom. The van der Waals surface area contributed by atoms with E-state index in [1.165, 1.54) is 18.3 Å². The highest BCUT2D eigenvalue weighted by molar-refractivity contribution is 6.18. The van der Waals surface area contributed by atoms with Crippen molar-refractivity contribution in [2.45, 2.75) is 18.9 Å². The lowest BCUT2D eigenvalue weighted by Crippen LogP contribution is -2.38. The maximum atomic E-state index is 14.8. The van der Waals surface area contributed by atoms with E-state index in [9.17, 15) is 19.1 Å². The average Bonchev–Trinajstić information content (AvgIpc) is 3.53. The number of fused-ring (bicyclic) bond motifs is 4. The Hall–Kier alpha value is -4.51. The molecule has 5 aromatic rings. The Morgan fingerprint density at radius 1 is 1.23 bits per heavy atom. The van der Waals surface area contributed by atoms with E-state index in [-0.39, 0.29) is 22.8 Å². The second kappa shape index (κ2) is 9.60. The summed E-state index contributed by atoms with van der Waals surface area (Å²) in [7, 11) is 7.50. The van der Waals surface area contributed by atoms with E-state index in [1.54, 1.807) is 37.1 Å². The van der Waals surface area contributed by atoms with E-state index >= 15 is 0 Å². The normalized spacial score (nSPS) is 15.7. The molecule has 1 aromatic carbocycles. The van der Waals surface area contributed by atoms with Gasteiger partial charge in [-0.2, -0.15) is 0 Å². The molecule has 6 rings (SSSR count). The second-order valence-electron chi connectivity index (χ2n) is 10.6. The molecule has 1 aliphatic heterocycles. The number of hydrogen-bond acceptors (Lipinski definition) is 7. The lowest BCUT2D eigenvalue weighted by atomic mass is 10.0. The van der Waals surface area contributed by atoms with Crippen LogP contribution >= 0.6 is 0 Å². The number of likely N-dealkylation sites (N-methyl/N-ethyl adjacent to an activating group) is 1. The first-order valence-electron chi connectivity index (χ1n) is 13.1. The topological polar surface area (TPSA) is 119 Å². The summed E-state index contributed by atoms with van der Waals surface area (Å²) in [6.45, 7) is 1.64. The molecular weight excluding hydrogens is 513 g/mol. The van der Waals surface area contributed by atoms with Crippen LogP contribution in [0.5, 0.6) is 0 Å². The van der Waals surface area contributed by atoms with E-state index in [0.29, 0.717) is 27.9 Å². The number of hydrogen-bond donors (Lipinski definition) is 3. The number of carboxylic acids is 1. The standard InChI is InChI=1S/C29H30FN7O3/c1-31-22-10-16(30)9-18-23-25(37-7-5-6-17(37)13-35(2)3)20(12-32-27(23)34-24(18)22)15-8-19-26(38)21(29(39)40)14-36(4)28(19)33-11-15/h8-12,14,17,31H,5-7,13H2,1-4H3,(H,32,34)(H,39,40). The number of nitrogens with zero attached hydrogens (tertiary/aromatic N) is 5. The van der Waals surface area contributed by atoms with Gasteiger partial charge in [-0.1, -0.05) is 0 Å². The molecule has 1 saturated heterocycles. The minimum absolute atomic E-state index is 0.208. The number of benzene rings is 1. The van der Waals surface area contributed by atoms with Gasteiger partial charge in [-0.05, 0) is 45.1 Å². The second-order valence-corrected chi connectivity index (χ2v) is 10.6. The number of H-pyrrole nitrogens is 1. The maximum absolute atomic E-state index is 14.8. The van der Waals surface area contributed by atoms with Gasteiger partial charge in [-0.15, -0.1) is 0 Å². The summed E-state index contributed by atoms with van der Waals surface area (Å²) >= 11 is 0. The Labute approximate surface area is 229 Å². The number of aromatic nitrogens is 4. The van der Waals surface area contributed by atoms with Crippen molar-refractivity contribution in [1.82, 2.24) is 24.4 Å². The summed E-state index contributed by atoms with van der Waals surface area (Å²) in [5.74, 6) is -1.65. The number of carboxylic acid groups (broad SMARTS) is 1. The molecule has 3 N–H and O–H groups in total. The SMILES string of the molecule is CNc1cc(F)cc2c1[nH]c1ncc(-c3cnc4c(c3)c(=O)c(C(=O)O)cn4C)c(N3CCCC3CN(C)C)c12. The predicted molar refractivity (Wildman–Crippen MR) is 155 cm³/mol. The van der Waals surface area contributed by atoms with Crippen LogP contribution in [0.2, 0.25) is 0 Å². The van der Waals surface area contributed by atoms with Crippen LogP contribution in [0.3, 0.4) is 0 Å². The zero-order valence-electron chi connectivity index (χ0n) is 22.7. The summed E-state index contributed by atoms with van der Waals surface area (Å²) in [6, 6.07) is 4.87. The summed E-state index contributed by atoms with van der Waals surface area (Å²) in [5, 5.41) is 14.4. The Balaban J connectivity index is 1.69. The molecule has 1 atom stereocenters. The van der Waals surface area contributed by atoms with Crippen LogP contribution in [0.15, 0.2) is 41.6 Å². The number of aromatic amines is 1. The maximum Gasteiger partial charge on any atom is 0.341 e. The third kappa shape index (κ3) is 4.04. The van der Waals surface area contributed by atoms with Crippen LogP contribution in [0, 0.1) is 5.82 Å². The third-order valence-electron chi connectivity index (χ3n) is 7.73. The molecule has 40 heavy (non-hydrogen) atoms. The van der Waals surface area contributed by atoms with E-state index in [4.69, 9.17) is 4.98 Å². The van der Waals surface area contributed by atoms with E-state index < -0.39 is 11.4 Å². The molecule has 206 valence electrons. The highest BCUT2D eigenvalue weighted by Gasteiger charge is 2.31. The number of halogens is 1. The molecule has 0 amide bonds. The number of anilines is 2. The summed E-state index contributed by atoms with van der Waals surface area (Å²) in [4.78, 5) is 42.1. The van der Waals surface area contributed by atoms with Crippen molar-refractivity contribution < 1.29 is 14.3 Å². The van der Waals surface area contributed by atoms with Gasteiger partial charge in [0.15, 0.2) is 0 Å². The van der Waals surface area contributed by atoms with Crippen molar-refractivity contribution in [3.8, 4) is 11.1 Å². The quantitative estimate of drug-likeness (QED) is 0.294. The number of aromatic carboxylic acids is 1. The van der Waals surface area contributed by atoms with Crippen LogP contribution in [0.1, 0.15) is 23.2 Å². The number of nitrogens with one attached hydrogen (secondary N) is 2. The fraction of sp³-hybridized carbons (Fsp3) is 0.310. The van der Waals surface area contributed by atoms with Gasteiger partial charge in [0.1, 0.15) is 22.7 Å². The van der Waals surface area contributed by atoms with Crippen molar-refractivity contribution >= 4 is 50.3 Å². The molecule has 10 nitrogen and oxygen atoms in total. The molecule has 4 aromatic heterocycles. The van der Waals surface area contributed by atoms with Gasteiger partial charge in [0.25, 0.3) is 0 Å². The van der Waals surface area contributed by atoms with Crippen molar-refractivity contribution in [2.75, 3.05) is 44.4 Å². The molecule has 0 radical (unpaired) electrons. The fourth-order valence-electron chi connectivity index (χ4n) is 6.02. The van der Waals surface area contributed by atoms with Crippen LogP contribution in [-0.2, 0) is 7.05 Å². The minimum Gasteiger partial charge on any atom is -0.477 e. The Bertz CT molecular complexity index is 1880. The first-order valence-corrected chi connectivity index (χ1v) is 13.1. The zero-order valence-corrected chi connectivity index (χ0v) is 22.7. The average molecular weight is 544 g/mol. The van der Waals surface area contributed by atoms with Crippen LogP contribution < -0.4 is 15.6 Å². The molecule has 1 unspecified atom stereocenters. The van der Waals surface area contributed by atoms with Crippen molar-refractivity contribution in [1.29, 1.82) is 0 Å². The van der Waals surface area contributed by atoms with Gasteiger partial charge in [-0.25, -0.2) is 19.2 Å². The molecule has 1 aliphatic rings. The first kappa shape index (κ1) is 25.8. The number of carbonyl (C=O) groups is 1. The first-order chi connectivity index (χ1) is 19.2. The molecule has 0 saturated carbocycles. The van der Waals surface area contributed by atoms with Crippen molar-refractivity contribution in [2.24, 2.45) is 7.05 Å². The van der Waals surface area contributed by atoms with Gasteiger partial charge < -0.3 is 29.8 Å². The summed E-state index contributed by atoms with van der Waals surface area (Å²) < 4.78 is 16.4. The minimum atomic E-state index is -1.29.